The van der Waals surface area contributed by atoms with Crippen LogP contribution < -0.4 is 5.48 Å². The van der Waals surface area contributed by atoms with E-state index >= 15 is 0 Å². The van der Waals surface area contributed by atoms with Gasteiger partial charge in [-0.05, 0) is 40.5 Å². The third-order valence-electron chi connectivity index (χ3n) is 3.25. The number of hydrogen-bond acceptors (Lipinski definition) is 5. The van der Waals surface area contributed by atoms with Crippen molar-refractivity contribution in [2.24, 2.45) is 4.99 Å². The first-order chi connectivity index (χ1) is 11.5. The standard InChI is InChI=1S/C16H16BrFN2O4/c17-14-7-11(3-4-15(14)18)19-16(20-23)13-9-24-8-10(13)6-12(22)2-1-5-21/h3-4,7-9,21,23H,1-2,5-6H2,(H,19,20). The van der Waals surface area contributed by atoms with Gasteiger partial charge in [0.05, 0.1) is 22.0 Å². The molecule has 0 saturated carbocycles. The lowest BCUT2D eigenvalue weighted by molar-refractivity contribution is -0.118. The molecular weight excluding hydrogens is 383 g/mol. The number of nitrogens with one attached hydrogen (secondary N) is 1. The summed E-state index contributed by atoms with van der Waals surface area (Å²) >= 11 is 3.07. The van der Waals surface area contributed by atoms with Crippen LogP contribution in [0.5, 0.6) is 0 Å². The number of amidine groups is 1. The Labute approximate surface area is 146 Å². The van der Waals surface area contributed by atoms with Crippen LogP contribution in [0.4, 0.5) is 10.1 Å². The zero-order valence-corrected chi connectivity index (χ0v) is 14.2. The number of hydroxylamine groups is 1. The van der Waals surface area contributed by atoms with Crippen LogP contribution in [0.15, 0.2) is 44.6 Å². The highest BCUT2D eigenvalue weighted by atomic mass is 79.9. The average Bonchev–Trinajstić information content (AvgIpc) is 3.01. The number of halogens is 2. The Morgan fingerprint density at radius 3 is 2.83 bits per heavy atom. The second-order valence-corrected chi connectivity index (χ2v) is 5.88. The molecule has 24 heavy (non-hydrogen) atoms. The predicted octanol–water partition coefficient (Wildman–Crippen LogP) is 3.12. The highest BCUT2D eigenvalue weighted by Gasteiger charge is 2.15. The molecule has 0 saturated heterocycles. The molecule has 0 aliphatic rings. The molecule has 0 radical (unpaired) electrons. The number of Topliss-reactive ketones (excluding diaryl/α,β-unsaturated/α-hetero) is 1. The van der Waals surface area contributed by atoms with E-state index in [4.69, 9.17) is 9.52 Å². The number of benzene rings is 1. The van der Waals surface area contributed by atoms with Gasteiger partial charge in [-0.25, -0.2) is 9.38 Å². The van der Waals surface area contributed by atoms with E-state index in [-0.39, 0.29) is 35.5 Å². The Hall–Kier alpha value is -2.03. The quantitative estimate of drug-likeness (QED) is 0.378. The zero-order chi connectivity index (χ0) is 17.5. The van der Waals surface area contributed by atoms with Crippen LogP contribution >= 0.6 is 15.9 Å². The fraction of sp³-hybridized carbons (Fsp3) is 0.250. The van der Waals surface area contributed by atoms with E-state index in [0.717, 1.165) is 0 Å². The summed E-state index contributed by atoms with van der Waals surface area (Å²) in [5, 5.41) is 18.1. The smallest absolute Gasteiger partial charge is 0.160 e. The third-order valence-corrected chi connectivity index (χ3v) is 3.86. The van der Waals surface area contributed by atoms with Crippen molar-refractivity contribution in [3.8, 4) is 0 Å². The van der Waals surface area contributed by atoms with Gasteiger partial charge in [-0.1, -0.05) is 0 Å². The molecule has 8 heteroatoms. The van der Waals surface area contributed by atoms with E-state index in [1.807, 2.05) is 5.48 Å². The van der Waals surface area contributed by atoms with Crippen molar-refractivity contribution in [2.45, 2.75) is 19.3 Å². The Morgan fingerprint density at radius 2 is 2.17 bits per heavy atom. The molecule has 0 atom stereocenters. The Morgan fingerprint density at radius 1 is 1.38 bits per heavy atom. The zero-order valence-electron chi connectivity index (χ0n) is 12.6. The first-order valence-electron chi connectivity index (χ1n) is 7.17. The summed E-state index contributed by atoms with van der Waals surface area (Å²) in [6.45, 7) is -0.0473. The van der Waals surface area contributed by atoms with E-state index in [9.17, 15) is 14.4 Å². The van der Waals surface area contributed by atoms with Gasteiger partial charge in [0.1, 0.15) is 17.9 Å². The number of rotatable bonds is 7. The molecule has 3 N–H and O–H groups in total. The summed E-state index contributed by atoms with van der Waals surface area (Å²) in [5.74, 6) is -0.410. The fourth-order valence-corrected chi connectivity index (χ4v) is 2.44. The number of aliphatic imine (C=N–C) groups is 1. The minimum Gasteiger partial charge on any atom is -0.472 e. The molecule has 2 aromatic rings. The number of ketones is 1. The van der Waals surface area contributed by atoms with Gasteiger partial charge in [0.25, 0.3) is 0 Å². The molecule has 0 amide bonds. The maximum atomic E-state index is 13.3. The van der Waals surface area contributed by atoms with Crippen LogP contribution in [0.2, 0.25) is 0 Å². The van der Waals surface area contributed by atoms with Crippen molar-refractivity contribution < 1.29 is 23.9 Å². The first-order valence-corrected chi connectivity index (χ1v) is 7.96. The van der Waals surface area contributed by atoms with Crippen LogP contribution in [-0.2, 0) is 11.2 Å². The van der Waals surface area contributed by atoms with Crippen molar-refractivity contribution in [1.82, 2.24) is 5.48 Å². The van der Waals surface area contributed by atoms with Crippen LogP contribution in [0, 0.1) is 5.82 Å². The molecule has 1 aromatic carbocycles. The molecule has 0 unspecified atom stereocenters. The Balaban J connectivity index is 2.24. The number of nitrogens with zero attached hydrogens (tertiary/aromatic N) is 1. The number of carbonyl (C=O) groups excluding carboxylic acids is 1. The molecule has 0 aliphatic heterocycles. The van der Waals surface area contributed by atoms with Crippen LogP contribution in [0.25, 0.3) is 0 Å². The molecule has 1 heterocycles. The average molecular weight is 399 g/mol. The largest absolute Gasteiger partial charge is 0.472 e. The summed E-state index contributed by atoms with van der Waals surface area (Å²) in [4.78, 5) is 16.0. The van der Waals surface area contributed by atoms with Gasteiger partial charge in [0, 0.05) is 25.0 Å². The van der Waals surface area contributed by atoms with Gasteiger partial charge < -0.3 is 9.52 Å². The maximum absolute atomic E-state index is 13.3. The van der Waals surface area contributed by atoms with Crippen LogP contribution in [-0.4, -0.2) is 28.5 Å². The lowest BCUT2D eigenvalue weighted by atomic mass is 10.0. The van der Waals surface area contributed by atoms with Gasteiger partial charge in [0.2, 0.25) is 0 Å². The highest BCUT2D eigenvalue weighted by molar-refractivity contribution is 9.10. The molecule has 6 nitrogen and oxygen atoms in total. The molecular formula is C16H16BrFN2O4. The Bertz CT molecular complexity index is 745. The Kier molecular flexibility index (Phi) is 6.65. The SMILES string of the molecule is O=C(CCCO)Cc1cocc1C(=Nc1ccc(F)c(Br)c1)NO. The molecule has 0 fully saturated rings. The lowest BCUT2D eigenvalue weighted by Crippen LogP contribution is -2.21. The van der Waals surface area contributed by atoms with Gasteiger partial charge in [-0.2, -0.15) is 0 Å². The van der Waals surface area contributed by atoms with Gasteiger partial charge >= 0.3 is 0 Å². The predicted molar refractivity (Wildman–Crippen MR) is 89.0 cm³/mol. The molecule has 0 spiro atoms. The maximum Gasteiger partial charge on any atom is 0.160 e. The second-order valence-electron chi connectivity index (χ2n) is 5.02. The van der Waals surface area contributed by atoms with E-state index in [0.29, 0.717) is 23.2 Å². The van der Waals surface area contributed by atoms with Crippen molar-refractivity contribution in [3.05, 3.63) is 52.1 Å². The summed E-state index contributed by atoms with van der Waals surface area (Å²) in [5.41, 5.74) is 3.36. The molecule has 0 bridgehead atoms. The summed E-state index contributed by atoms with van der Waals surface area (Å²) in [7, 11) is 0. The molecule has 0 aliphatic carbocycles. The number of carbonyl (C=O) groups is 1. The number of aliphatic hydroxyl groups is 1. The van der Waals surface area contributed by atoms with Gasteiger partial charge in [0.15, 0.2) is 5.84 Å². The summed E-state index contributed by atoms with van der Waals surface area (Å²) < 4.78 is 18.6. The third kappa shape index (κ3) is 4.73. The van der Waals surface area contributed by atoms with Gasteiger partial charge in [-0.15, -0.1) is 0 Å². The minimum absolute atomic E-state index is 0.0473. The minimum atomic E-state index is -0.425. The molecule has 1 aromatic heterocycles. The van der Waals surface area contributed by atoms with E-state index in [1.54, 1.807) is 0 Å². The van der Waals surface area contributed by atoms with E-state index in [1.165, 1.54) is 30.7 Å². The van der Waals surface area contributed by atoms with Crippen molar-refractivity contribution in [1.29, 1.82) is 0 Å². The normalized spacial score (nSPS) is 11.6. The number of hydrogen-bond donors (Lipinski definition) is 3. The summed E-state index contributed by atoms with van der Waals surface area (Å²) in [6, 6.07) is 4.15. The first kappa shape index (κ1) is 18.3. The highest BCUT2D eigenvalue weighted by Crippen LogP contribution is 2.23. The number of aliphatic hydroxyl groups excluding tert-OH is 1. The van der Waals surface area contributed by atoms with E-state index in [2.05, 4.69) is 20.9 Å². The fourth-order valence-electron chi connectivity index (χ4n) is 2.07. The number of furan rings is 1. The van der Waals surface area contributed by atoms with Crippen LogP contribution in [0.1, 0.15) is 24.0 Å². The molecule has 128 valence electrons. The molecule has 2 rings (SSSR count). The van der Waals surface area contributed by atoms with Crippen molar-refractivity contribution >= 4 is 33.2 Å². The van der Waals surface area contributed by atoms with Gasteiger partial charge in [-0.3, -0.25) is 15.5 Å². The van der Waals surface area contributed by atoms with Crippen molar-refractivity contribution in [2.75, 3.05) is 6.61 Å². The topological polar surface area (TPSA) is 95.1 Å². The van der Waals surface area contributed by atoms with Crippen LogP contribution in [0.3, 0.4) is 0 Å². The summed E-state index contributed by atoms with van der Waals surface area (Å²) in [6.07, 6.45) is 3.51. The van der Waals surface area contributed by atoms with Crippen molar-refractivity contribution in [3.63, 3.8) is 0 Å². The lowest BCUT2D eigenvalue weighted by Gasteiger charge is -2.06. The van der Waals surface area contributed by atoms with E-state index < -0.39 is 5.82 Å². The monoisotopic (exact) mass is 398 g/mol. The second kappa shape index (κ2) is 8.72.